The van der Waals surface area contributed by atoms with Gasteiger partial charge in [0.05, 0.1) is 11.3 Å². The van der Waals surface area contributed by atoms with E-state index in [9.17, 15) is 13.2 Å². The van der Waals surface area contributed by atoms with Gasteiger partial charge in [0.2, 0.25) is 0 Å². The number of nitrogens with one attached hydrogen (secondary N) is 1. The first-order valence-electron chi connectivity index (χ1n) is 5.78. The summed E-state index contributed by atoms with van der Waals surface area (Å²) in [4.78, 5) is 0. The van der Waals surface area contributed by atoms with Crippen molar-refractivity contribution in [1.29, 1.82) is 0 Å². The van der Waals surface area contributed by atoms with Crippen molar-refractivity contribution < 1.29 is 13.2 Å². The van der Waals surface area contributed by atoms with Crippen molar-refractivity contribution in [2.24, 2.45) is 0 Å². The molecule has 0 unspecified atom stereocenters. The highest BCUT2D eigenvalue weighted by Crippen LogP contribution is 2.36. The van der Waals surface area contributed by atoms with E-state index in [1.807, 2.05) is 19.1 Å². The lowest BCUT2D eigenvalue weighted by Crippen LogP contribution is -2.09. The van der Waals surface area contributed by atoms with E-state index in [-0.39, 0.29) is 5.69 Å². The number of anilines is 3. The van der Waals surface area contributed by atoms with Crippen molar-refractivity contribution in [2.45, 2.75) is 13.1 Å². The molecule has 0 saturated heterocycles. The molecular weight excluding hydrogens is 333 g/mol. The van der Waals surface area contributed by atoms with Crippen LogP contribution in [-0.2, 0) is 6.18 Å². The van der Waals surface area contributed by atoms with Gasteiger partial charge < -0.3 is 11.1 Å². The lowest BCUT2D eigenvalue weighted by atomic mass is 10.1. The molecule has 3 N–H and O–H groups in total. The summed E-state index contributed by atoms with van der Waals surface area (Å²) in [6.45, 7) is 1.90. The van der Waals surface area contributed by atoms with Gasteiger partial charge in [-0.2, -0.15) is 13.2 Å². The van der Waals surface area contributed by atoms with Gasteiger partial charge in [-0.15, -0.1) is 0 Å². The predicted molar refractivity (Wildman–Crippen MR) is 78.0 cm³/mol. The highest BCUT2D eigenvalue weighted by atomic mass is 79.9. The molecule has 0 amide bonds. The lowest BCUT2D eigenvalue weighted by Gasteiger charge is -2.14. The largest absolute Gasteiger partial charge is 0.418 e. The van der Waals surface area contributed by atoms with E-state index in [4.69, 9.17) is 5.73 Å². The van der Waals surface area contributed by atoms with Crippen LogP contribution in [0.5, 0.6) is 0 Å². The highest BCUT2D eigenvalue weighted by molar-refractivity contribution is 9.10. The molecule has 2 aromatic rings. The zero-order valence-electron chi connectivity index (χ0n) is 10.6. The fourth-order valence-electron chi connectivity index (χ4n) is 1.78. The number of hydrogen-bond donors (Lipinski definition) is 2. The molecule has 0 aliphatic heterocycles. The Bertz CT molecular complexity index is 639. The number of hydrogen-bond acceptors (Lipinski definition) is 2. The molecule has 0 aliphatic carbocycles. The molecule has 6 heteroatoms. The van der Waals surface area contributed by atoms with E-state index in [0.29, 0.717) is 11.4 Å². The monoisotopic (exact) mass is 344 g/mol. The topological polar surface area (TPSA) is 38.0 Å². The summed E-state index contributed by atoms with van der Waals surface area (Å²) >= 11 is 3.40. The zero-order chi connectivity index (χ0) is 14.9. The highest BCUT2D eigenvalue weighted by Gasteiger charge is 2.33. The van der Waals surface area contributed by atoms with Crippen LogP contribution < -0.4 is 11.1 Å². The third kappa shape index (κ3) is 3.07. The van der Waals surface area contributed by atoms with E-state index >= 15 is 0 Å². The van der Waals surface area contributed by atoms with Crippen molar-refractivity contribution in [1.82, 2.24) is 0 Å². The average molecular weight is 345 g/mol. The molecule has 0 spiro atoms. The summed E-state index contributed by atoms with van der Waals surface area (Å²) in [5, 5.41) is 2.95. The van der Waals surface area contributed by atoms with Gasteiger partial charge in [0.1, 0.15) is 0 Å². The third-order valence-electron chi connectivity index (χ3n) is 2.83. The van der Waals surface area contributed by atoms with Gasteiger partial charge in [0, 0.05) is 15.8 Å². The second kappa shape index (κ2) is 5.36. The van der Waals surface area contributed by atoms with Crippen LogP contribution in [0.3, 0.4) is 0 Å². The van der Waals surface area contributed by atoms with Gasteiger partial charge in [-0.3, -0.25) is 0 Å². The number of aryl methyl sites for hydroxylation is 1. The number of rotatable bonds is 2. The fourth-order valence-corrected chi connectivity index (χ4v) is 2.14. The molecule has 0 radical (unpaired) electrons. The van der Waals surface area contributed by atoms with Gasteiger partial charge in [0.15, 0.2) is 0 Å². The van der Waals surface area contributed by atoms with Crippen LogP contribution in [0.25, 0.3) is 0 Å². The van der Waals surface area contributed by atoms with Crippen LogP contribution in [0.15, 0.2) is 40.9 Å². The maximum atomic E-state index is 12.8. The Morgan fingerprint density at radius 2 is 1.85 bits per heavy atom. The molecule has 0 heterocycles. The van der Waals surface area contributed by atoms with Gasteiger partial charge in [-0.25, -0.2) is 0 Å². The smallest absolute Gasteiger partial charge is 0.398 e. The van der Waals surface area contributed by atoms with Crippen molar-refractivity contribution in [2.75, 3.05) is 11.1 Å². The first-order valence-corrected chi connectivity index (χ1v) is 6.57. The molecule has 20 heavy (non-hydrogen) atoms. The normalized spacial score (nSPS) is 11.4. The summed E-state index contributed by atoms with van der Waals surface area (Å²) in [7, 11) is 0. The standard InChI is InChI=1S/C14H12BrF3N2/c1-8-3-2-4-12(13(8)15)20-9-5-6-11(19)10(7-9)14(16,17)18/h2-7,20H,19H2,1H3. The third-order valence-corrected chi connectivity index (χ3v) is 3.88. The van der Waals surface area contributed by atoms with Gasteiger partial charge in [-0.1, -0.05) is 12.1 Å². The Hall–Kier alpha value is -1.69. The number of halogens is 4. The van der Waals surface area contributed by atoms with Crippen LogP contribution >= 0.6 is 15.9 Å². The molecule has 0 aromatic heterocycles. The maximum Gasteiger partial charge on any atom is 0.418 e. The molecule has 0 saturated carbocycles. The summed E-state index contributed by atoms with van der Waals surface area (Å²) in [6, 6.07) is 9.27. The predicted octanol–water partition coefficient (Wildman–Crippen LogP) is 5.10. The van der Waals surface area contributed by atoms with Crippen LogP contribution in [-0.4, -0.2) is 0 Å². The minimum absolute atomic E-state index is 0.286. The van der Waals surface area contributed by atoms with Gasteiger partial charge in [0.25, 0.3) is 0 Å². The van der Waals surface area contributed by atoms with Gasteiger partial charge >= 0.3 is 6.18 Å². The number of alkyl halides is 3. The van der Waals surface area contributed by atoms with E-state index in [0.717, 1.165) is 16.1 Å². The second-order valence-electron chi connectivity index (χ2n) is 4.36. The molecular formula is C14H12BrF3N2. The van der Waals surface area contributed by atoms with Crippen molar-refractivity contribution >= 4 is 33.0 Å². The second-order valence-corrected chi connectivity index (χ2v) is 5.15. The molecule has 2 rings (SSSR count). The van der Waals surface area contributed by atoms with Crippen LogP contribution in [0.2, 0.25) is 0 Å². The molecule has 2 nitrogen and oxygen atoms in total. The van der Waals surface area contributed by atoms with Gasteiger partial charge in [-0.05, 0) is 52.7 Å². The van der Waals surface area contributed by atoms with Crippen LogP contribution in [0, 0.1) is 6.92 Å². The molecule has 0 aliphatic rings. The minimum atomic E-state index is -4.47. The first-order chi connectivity index (χ1) is 9.29. The van der Waals surface area contributed by atoms with Crippen molar-refractivity contribution in [3.8, 4) is 0 Å². The van der Waals surface area contributed by atoms with Crippen LogP contribution in [0.1, 0.15) is 11.1 Å². The van der Waals surface area contributed by atoms with Crippen molar-refractivity contribution in [3.63, 3.8) is 0 Å². The number of nitrogen functional groups attached to an aromatic ring is 1. The Labute approximate surface area is 122 Å². The quantitative estimate of drug-likeness (QED) is 0.743. The molecule has 106 valence electrons. The summed E-state index contributed by atoms with van der Waals surface area (Å²) in [6.07, 6.45) is -4.47. The Kier molecular flexibility index (Phi) is 3.94. The van der Waals surface area contributed by atoms with Crippen molar-refractivity contribution in [3.05, 3.63) is 52.0 Å². The summed E-state index contributed by atoms with van der Waals surface area (Å²) in [5.74, 6) is 0. The Morgan fingerprint density at radius 3 is 2.50 bits per heavy atom. The SMILES string of the molecule is Cc1cccc(Nc2ccc(N)c(C(F)(F)F)c2)c1Br. The van der Waals surface area contributed by atoms with E-state index in [1.165, 1.54) is 12.1 Å². The molecule has 2 aromatic carbocycles. The minimum Gasteiger partial charge on any atom is -0.398 e. The molecule has 0 fully saturated rings. The summed E-state index contributed by atoms with van der Waals surface area (Å²) < 4.78 is 39.2. The van der Waals surface area contributed by atoms with E-state index < -0.39 is 11.7 Å². The Balaban J connectivity index is 2.38. The lowest BCUT2D eigenvalue weighted by molar-refractivity contribution is -0.136. The Morgan fingerprint density at radius 1 is 1.15 bits per heavy atom. The maximum absolute atomic E-state index is 12.8. The fraction of sp³-hybridized carbons (Fsp3) is 0.143. The number of nitrogens with two attached hydrogens (primary N) is 1. The van der Waals surface area contributed by atoms with E-state index in [1.54, 1.807) is 6.07 Å². The average Bonchev–Trinajstić information content (AvgIpc) is 2.36. The number of benzene rings is 2. The molecule has 0 atom stereocenters. The zero-order valence-corrected chi connectivity index (χ0v) is 12.1. The summed E-state index contributed by atoms with van der Waals surface area (Å²) in [5.41, 5.74) is 6.25. The van der Waals surface area contributed by atoms with Crippen LogP contribution in [0.4, 0.5) is 30.2 Å². The molecule has 0 bridgehead atoms. The first kappa shape index (κ1) is 14.7. The van der Waals surface area contributed by atoms with E-state index in [2.05, 4.69) is 21.2 Å².